The van der Waals surface area contributed by atoms with E-state index in [0.717, 1.165) is 0 Å². The van der Waals surface area contributed by atoms with E-state index in [1.165, 1.54) is 18.3 Å². The standard InChI is InChI=1S/C15H15ClF2N2/c1-3-20-15(10-6-7-19-8-11(10)16)13-12(17)5-4-9(2)14(13)18/h4-8,15,20H,3H2,1-2H3. The first-order valence-electron chi connectivity index (χ1n) is 6.33. The highest BCUT2D eigenvalue weighted by Gasteiger charge is 2.24. The van der Waals surface area contributed by atoms with Gasteiger partial charge in [-0.25, -0.2) is 8.78 Å². The summed E-state index contributed by atoms with van der Waals surface area (Å²) in [5, 5.41) is 3.45. The van der Waals surface area contributed by atoms with Crippen LogP contribution >= 0.6 is 11.6 Å². The fourth-order valence-electron chi connectivity index (χ4n) is 2.13. The topological polar surface area (TPSA) is 24.9 Å². The molecule has 1 heterocycles. The highest BCUT2D eigenvalue weighted by atomic mass is 35.5. The lowest BCUT2D eigenvalue weighted by Gasteiger charge is -2.21. The van der Waals surface area contributed by atoms with Crippen LogP contribution in [0.2, 0.25) is 5.02 Å². The highest BCUT2D eigenvalue weighted by molar-refractivity contribution is 6.31. The second-order valence-electron chi connectivity index (χ2n) is 4.48. The van der Waals surface area contributed by atoms with Gasteiger partial charge in [-0.1, -0.05) is 24.6 Å². The van der Waals surface area contributed by atoms with Gasteiger partial charge in [-0.2, -0.15) is 0 Å². The van der Waals surface area contributed by atoms with Gasteiger partial charge in [-0.3, -0.25) is 4.98 Å². The van der Waals surface area contributed by atoms with Gasteiger partial charge in [0.25, 0.3) is 0 Å². The lowest BCUT2D eigenvalue weighted by atomic mass is 9.96. The molecule has 1 N–H and O–H groups in total. The van der Waals surface area contributed by atoms with E-state index in [4.69, 9.17) is 11.6 Å². The van der Waals surface area contributed by atoms with Crippen molar-refractivity contribution in [3.05, 3.63) is 63.9 Å². The molecular formula is C15H15ClF2N2. The lowest BCUT2D eigenvalue weighted by molar-refractivity contribution is 0.506. The quantitative estimate of drug-likeness (QED) is 0.922. The highest BCUT2D eigenvalue weighted by Crippen LogP contribution is 2.31. The molecular weight excluding hydrogens is 282 g/mol. The summed E-state index contributed by atoms with van der Waals surface area (Å²) in [6.45, 7) is 4.03. The van der Waals surface area contributed by atoms with Crippen LogP contribution in [0.25, 0.3) is 0 Å². The summed E-state index contributed by atoms with van der Waals surface area (Å²) in [5.74, 6) is -1.14. The second kappa shape index (κ2) is 6.29. The van der Waals surface area contributed by atoms with Crippen molar-refractivity contribution >= 4 is 11.6 Å². The van der Waals surface area contributed by atoms with Crippen molar-refractivity contribution in [3.8, 4) is 0 Å². The minimum absolute atomic E-state index is 0.0139. The van der Waals surface area contributed by atoms with E-state index in [1.54, 1.807) is 19.2 Å². The van der Waals surface area contributed by atoms with Crippen LogP contribution < -0.4 is 5.32 Å². The van der Waals surface area contributed by atoms with Crippen LogP contribution in [0.15, 0.2) is 30.6 Å². The number of hydrogen-bond acceptors (Lipinski definition) is 2. The number of hydrogen-bond donors (Lipinski definition) is 1. The van der Waals surface area contributed by atoms with Gasteiger partial charge in [-0.05, 0) is 36.7 Å². The Balaban J connectivity index is 2.61. The smallest absolute Gasteiger partial charge is 0.134 e. The maximum Gasteiger partial charge on any atom is 0.134 e. The molecule has 2 rings (SSSR count). The van der Waals surface area contributed by atoms with Crippen molar-refractivity contribution in [2.24, 2.45) is 0 Å². The van der Waals surface area contributed by atoms with E-state index < -0.39 is 17.7 Å². The Kier molecular flexibility index (Phi) is 4.68. The maximum absolute atomic E-state index is 14.3. The number of nitrogens with zero attached hydrogens (tertiary/aromatic N) is 1. The van der Waals surface area contributed by atoms with Crippen LogP contribution in [0, 0.1) is 18.6 Å². The molecule has 20 heavy (non-hydrogen) atoms. The van der Waals surface area contributed by atoms with Gasteiger partial charge >= 0.3 is 0 Å². The molecule has 0 amide bonds. The minimum Gasteiger partial charge on any atom is -0.306 e. The molecule has 0 bridgehead atoms. The number of aromatic nitrogens is 1. The van der Waals surface area contributed by atoms with E-state index in [1.807, 2.05) is 6.92 Å². The van der Waals surface area contributed by atoms with E-state index in [9.17, 15) is 8.78 Å². The molecule has 0 aliphatic heterocycles. The Morgan fingerprint density at radius 3 is 2.70 bits per heavy atom. The summed E-state index contributed by atoms with van der Waals surface area (Å²) in [4.78, 5) is 3.90. The van der Waals surface area contributed by atoms with Crippen LogP contribution in [0.1, 0.15) is 29.7 Å². The number of nitrogens with one attached hydrogen (secondary N) is 1. The fraction of sp³-hybridized carbons (Fsp3) is 0.267. The molecule has 1 atom stereocenters. The average Bonchev–Trinajstić information content (AvgIpc) is 2.43. The van der Waals surface area contributed by atoms with Gasteiger partial charge in [0, 0.05) is 18.0 Å². The van der Waals surface area contributed by atoms with Crippen molar-refractivity contribution in [3.63, 3.8) is 0 Å². The number of halogens is 3. The molecule has 0 spiro atoms. The first kappa shape index (κ1) is 14.9. The molecule has 0 aliphatic carbocycles. The summed E-state index contributed by atoms with van der Waals surface area (Å²) in [6.07, 6.45) is 3.02. The zero-order chi connectivity index (χ0) is 14.7. The normalized spacial score (nSPS) is 12.4. The van der Waals surface area contributed by atoms with Crippen LogP contribution in [0.5, 0.6) is 0 Å². The minimum atomic E-state index is -0.643. The Morgan fingerprint density at radius 1 is 1.30 bits per heavy atom. The second-order valence-corrected chi connectivity index (χ2v) is 4.89. The van der Waals surface area contributed by atoms with Crippen molar-refractivity contribution < 1.29 is 8.78 Å². The molecule has 0 radical (unpaired) electrons. The summed E-state index contributed by atoms with van der Waals surface area (Å²) in [6, 6.07) is 3.71. The van der Waals surface area contributed by atoms with E-state index in [-0.39, 0.29) is 5.56 Å². The SMILES string of the molecule is CCNC(c1ccncc1Cl)c1c(F)ccc(C)c1F. The van der Waals surface area contributed by atoms with Crippen LogP contribution in [-0.2, 0) is 0 Å². The number of aryl methyl sites for hydroxylation is 1. The molecule has 0 fully saturated rings. The third-order valence-corrected chi connectivity index (χ3v) is 3.45. The molecule has 1 aromatic heterocycles. The van der Waals surface area contributed by atoms with E-state index in [0.29, 0.717) is 22.7 Å². The Morgan fingerprint density at radius 2 is 2.05 bits per heavy atom. The molecule has 106 valence electrons. The maximum atomic E-state index is 14.3. The largest absolute Gasteiger partial charge is 0.306 e. The number of pyridine rings is 1. The Bertz CT molecular complexity index is 617. The molecule has 1 aromatic carbocycles. The number of rotatable bonds is 4. The number of benzene rings is 1. The van der Waals surface area contributed by atoms with Crippen molar-refractivity contribution in [1.82, 2.24) is 10.3 Å². The van der Waals surface area contributed by atoms with Crippen LogP contribution in [0.3, 0.4) is 0 Å². The van der Waals surface area contributed by atoms with Crippen molar-refractivity contribution in [2.75, 3.05) is 6.54 Å². The van der Waals surface area contributed by atoms with E-state index in [2.05, 4.69) is 10.3 Å². The van der Waals surface area contributed by atoms with Gasteiger partial charge < -0.3 is 5.32 Å². The zero-order valence-electron chi connectivity index (χ0n) is 11.3. The molecule has 2 aromatic rings. The predicted octanol–water partition coefficient (Wildman–Crippen LogP) is 4.02. The van der Waals surface area contributed by atoms with E-state index >= 15 is 0 Å². The van der Waals surface area contributed by atoms with Gasteiger partial charge in [0.05, 0.1) is 11.1 Å². The molecule has 0 aliphatic rings. The Labute approximate surface area is 121 Å². The first-order chi connectivity index (χ1) is 9.56. The average molecular weight is 297 g/mol. The lowest BCUT2D eigenvalue weighted by Crippen LogP contribution is -2.25. The third kappa shape index (κ3) is 2.81. The predicted molar refractivity (Wildman–Crippen MR) is 75.9 cm³/mol. The summed E-state index contributed by atoms with van der Waals surface area (Å²) in [5.41, 5.74) is 0.987. The molecule has 0 saturated carbocycles. The van der Waals surface area contributed by atoms with Gasteiger partial charge in [-0.15, -0.1) is 0 Å². The third-order valence-electron chi connectivity index (χ3n) is 3.13. The summed E-state index contributed by atoms with van der Waals surface area (Å²) >= 11 is 6.10. The van der Waals surface area contributed by atoms with Crippen molar-refractivity contribution in [1.29, 1.82) is 0 Å². The van der Waals surface area contributed by atoms with Gasteiger partial charge in [0.2, 0.25) is 0 Å². The monoisotopic (exact) mass is 296 g/mol. The van der Waals surface area contributed by atoms with Crippen LogP contribution in [0.4, 0.5) is 8.78 Å². The molecule has 2 nitrogen and oxygen atoms in total. The van der Waals surface area contributed by atoms with Crippen molar-refractivity contribution in [2.45, 2.75) is 19.9 Å². The zero-order valence-corrected chi connectivity index (χ0v) is 12.0. The fourth-order valence-corrected chi connectivity index (χ4v) is 2.36. The summed E-state index contributed by atoms with van der Waals surface area (Å²) < 4.78 is 28.4. The Hall–Kier alpha value is -1.52. The molecule has 0 saturated heterocycles. The van der Waals surface area contributed by atoms with Crippen LogP contribution in [-0.4, -0.2) is 11.5 Å². The molecule has 1 unspecified atom stereocenters. The molecule has 5 heteroatoms. The van der Waals surface area contributed by atoms with Gasteiger partial charge in [0.15, 0.2) is 0 Å². The summed E-state index contributed by atoms with van der Waals surface area (Å²) in [7, 11) is 0. The van der Waals surface area contributed by atoms with Gasteiger partial charge in [0.1, 0.15) is 11.6 Å². The first-order valence-corrected chi connectivity index (χ1v) is 6.71.